The van der Waals surface area contributed by atoms with Crippen molar-refractivity contribution in [2.24, 2.45) is 0 Å². The summed E-state index contributed by atoms with van der Waals surface area (Å²) in [5.41, 5.74) is -0.456. The van der Waals surface area contributed by atoms with E-state index >= 15 is 0 Å². The minimum atomic E-state index is -4.53. The van der Waals surface area contributed by atoms with Crippen LogP contribution in [0.2, 0.25) is 0 Å². The highest BCUT2D eigenvalue weighted by Crippen LogP contribution is 2.39. The van der Waals surface area contributed by atoms with Gasteiger partial charge in [0.1, 0.15) is 6.10 Å². The second-order valence-electron chi connectivity index (χ2n) is 6.18. The van der Waals surface area contributed by atoms with Crippen molar-refractivity contribution in [2.45, 2.75) is 18.3 Å². The summed E-state index contributed by atoms with van der Waals surface area (Å²) in [6.45, 7) is -0.720. The SMILES string of the molecule is O=C1C(O)=C(c2ccc(C(F)(F)F)cc2)C(C(O)CO)N1c1ccc(Br)cc1. The summed E-state index contributed by atoms with van der Waals surface area (Å²) in [4.78, 5) is 13.8. The predicted octanol–water partition coefficient (Wildman–Crippen LogP) is 3.51. The Morgan fingerprint density at radius 1 is 1.07 bits per heavy atom. The van der Waals surface area contributed by atoms with E-state index in [2.05, 4.69) is 15.9 Å². The van der Waals surface area contributed by atoms with Crippen molar-refractivity contribution in [3.05, 3.63) is 69.9 Å². The van der Waals surface area contributed by atoms with E-state index in [-0.39, 0.29) is 11.1 Å². The number of hydrogen-bond donors (Lipinski definition) is 3. The molecule has 2 aromatic carbocycles. The Bertz CT molecular complexity index is 910. The standard InChI is InChI=1S/C19H15BrF3NO4/c20-12-5-7-13(8-6-12)24-16(14(26)9-25)15(17(27)18(24)28)10-1-3-11(4-2-10)19(21,22)23/h1-8,14,16,25-27H,9H2. The highest BCUT2D eigenvalue weighted by Gasteiger charge is 2.44. The van der Waals surface area contributed by atoms with Crippen LogP contribution in [-0.4, -0.2) is 40.0 Å². The molecule has 28 heavy (non-hydrogen) atoms. The van der Waals surface area contributed by atoms with Crippen molar-refractivity contribution in [2.75, 3.05) is 11.5 Å². The number of nitrogens with zero attached hydrogens (tertiary/aromatic N) is 1. The number of aliphatic hydroxyl groups is 3. The molecule has 0 saturated carbocycles. The number of carbonyl (C=O) groups excluding carboxylic acids is 1. The third kappa shape index (κ3) is 3.65. The summed E-state index contributed by atoms with van der Waals surface area (Å²) in [5, 5.41) is 30.2. The number of amides is 1. The van der Waals surface area contributed by atoms with Gasteiger partial charge in [0.15, 0.2) is 5.76 Å². The van der Waals surface area contributed by atoms with Gasteiger partial charge in [-0.2, -0.15) is 13.2 Å². The molecule has 0 saturated heterocycles. The van der Waals surface area contributed by atoms with Gasteiger partial charge in [0, 0.05) is 15.7 Å². The number of hydrogen-bond acceptors (Lipinski definition) is 4. The van der Waals surface area contributed by atoms with Crippen molar-refractivity contribution in [1.29, 1.82) is 0 Å². The van der Waals surface area contributed by atoms with Crippen LogP contribution in [0.1, 0.15) is 11.1 Å². The van der Waals surface area contributed by atoms with Gasteiger partial charge in [-0.3, -0.25) is 9.69 Å². The molecule has 1 heterocycles. The van der Waals surface area contributed by atoms with E-state index in [1.807, 2.05) is 0 Å². The molecule has 2 unspecified atom stereocenters. The zero-order valence-electron chi connectivity index (χ0n) is 14.2. The van der Waals surface area contributed by atoms with Crippen molar-refractivity contribution < 1.29 is 33.3 Å². The molecule has 148 valence electrons. The number of carbonyl (C=O) groups is 1. The Morgan fingerprint density at radius 3 is 2.14 bits per heavy atom. The first-order valence-corrected chi connectivity index (χ1v) is 8.93. The first-order valence-electron chi connectivity index (χ1n) is 8.14. The minimum absolute atomic E-state index is 0.0526. The number of rotatable bonds is 4. The first-order chi connectivity index (χ1) is 13.1. The molecular formula is C19H15BrF3NO4. The van der Waals surface area contributed by atoms with Crippen molar-refractivity contribution in [3.63, 3.8) is 0 Å². The molecule has 2 aromatic rings. The number of anilines is 1. The third-order valence-electron chi connectivity index (χ3n) is 4.43. The largest absolute Gasteiger partial charge is 0.503 e. The molecule has 0 bridgehead atoms. The molecule has 2 atom stereocenters. The fraction of sp³-hybridized carbons (Fsp3) is 0.211. The van der Waals surface area contributed by atoms with Gasteiger partial charge < -0.3 is 15.3 Å². The molecule has 9 heteroatoms. The van der Waals surface area contributed by atoms with Gasteiger partial charge in [-0.25, -0.2) is 0 Å². The maximum absolute atomic E-state index is 12.8. The highest BCUT2D eigenvalue weighted by atomic mass is 79.9. The number of aliphatic hydroxyl groups excluding tert-OH is 3. The van der Waals surface area contributed by atoms with Gasteiger partial charge in [0.05, 0.1) is 18.2 Å². The monoisotopic (exact) mass is 457 g/mol. The number of benzene rings is 2. The second-order valence-corrected chi connectivity index (χ2v) is 7.10. The Labute approximate surface area is 166 Å². The molecule has 0 radical (unpaired) electrons. The number of alkyl halides is 3. The van der Waals surface area contributed by atoms with Crippen LogP contribution in [0.15, 0.2) is 58.8 Å². The summed E-state index contributed by atoms with van der Waals surface area (Å²) in [6, 6.07) is 9.15. The van der Waals surface area contributed by atoms with E-state index in [1.165, 1.54) is 0 Å². The van der Waals surface area contributed by atoms with Crippen LogP contribution in [-0.2, 0) is 11.0 Å². The average molecular weight is 458 g/mol. The van der Waals surface area contributed by atoms with Gasteiger partial charge in [-0.1, -0.05) is 28.1 Å². The molecule has 0 aromatic heterocycles. The van der Waals surface area contributed by atoms with E-state index in [0.717, 1.165) is 33.6 Å². The molecule has 3 N–H and O–H groups in total. The second kappa shape index (κ2) is 7.57. The van der Waals surface area contributed by atoms with Gasteiger partial charge in [0.25, 0.3) is 5.91 Å². The zero-order chi connectivity index (χ0) is 20.6. The highest BCUT2D eigenvalue weighted by molar-refractivity contribution is 9.10. The Morgan fingerprint density at radius 2 is 1.64 bits per heavy atom. The summed E-state index contributed by atoms with van der Waals surface area (Å²) in [6.07, 6.45) is -6.00. The van der Waals surface area contributed by atoms with E-state index in [1.54, 1.807) is 24.3 Å². The zero-order valence-corrected chi connectivity index (χ0v) is 15.8. The van der Waals surface area contributed by atoms with E-state index in [4.69, 9.17) is 0 Å². The van der Waals surface area contributed by atoms with Crippen LogP contribution in [0.3, 0.4) is 0 Å². The van der Waals surface area contributed by atoms with Crippen LogP contribution in [0, 0.1) is 0 Å². The molecular weight excluding hydrogens is 443 g/mol. The maximum atomic E-state index is 12.8. The maximum Gasteiger partial charge on any atom is 0.416 e. The van der Waals surface area contributed by atoms with E-state index in [0.29, 0.717) is 5.69 Å². The molecule has 1 aliphatic rings. The average Bonchev–Trinajstić information content (AvgIpc) is 2.92. The third-order valence-corrected chi connectivity index (χ3v) is 4.96. The fourth-order valence-corrected chi connectivity index (χ4v) is 3.38. The van der Waals surface area contributed by atoms with Crippen LogP contribution in [0.4, 0.5) is 18.9 Å². The molecule has 3 rings (SSSR count). The van der Waals surface area contributed by atoms with Crippen LogP contribution in [0.25, 0.3) is 5.57 Å². The van der Waals surface area contributed by atoms with Crippen LogP contribution < -0.4 is 4.90 Å². The molecule has 5 nitrogen and oxygen atoms in total. The summed E-state index contributed by atoms with van der Waals surface area (Å²) < 4.78 is 39.2. The molecule has 0 aliphatic carbocycles. The molecule has 1 amide bonds. The van der Waals surface area contributed by atoms with Gasteiger partial charge >= 0.3 is 6.18 Å². The summed E-state index contributed by atoms with van der Waals surface area (Å²) in [5.74, 6) is -1.52. The lowest BCUT2D eigenvalue weighted by Gasteiger charge is -2.30. The Balaban J connectivity index is 2.08. The van der Waals surface area contributed by atoms with Crippen LogP contribution >= 0.6 is 15.9 Å². The lowest BCUT2D eigenvalue weighted by Crippen LogP contribution is -2.45. The summed E-state index contributed by atoms with van der Waals surface area (Å²) >= 11 is 3.27. The van der Waals surface area contributed by atoms with Crippen LogP contribution in [0.5, 0.6) is 0 Å². The van der Waals surface area contributed by atoms with Gasteiger partial charge in [0.2, 0.25) is 0 Å². The Kier molecular flexibility index (Phi) is 5.51. The lowest BCUT2D eigenvalue weighted by molar-refractivity contribution is -0.137. The molecule has 0 spiro atoms. The number of halogens is 4. The fourth-order valence-electron chi connectivity index (χ4n) is 3.11. The van der Waals surface area contributed by atoms with E-state index < -0.39 is 42.2 Å². The Hall–Kier alpha value is -2.36. The topological polar surface area (TPSA) is 81.0 Å². The van der Waals surface area contributed by atoms with Gasteiger partial charge in [-0.05, 0) is 42.0 Å². The molecule has 0 fully saturated rings. The van der Waals surface area contributed by atoms with Crippen molar-refractivity contribution in [1.82, 2.24) is 0 Å². The van der Waals surface area contributed by atoms with Crippen molar-refractivity contribution in [3.8, 4) is 0 Å². The summed E-state index contributed by atoms with van der Waals surface area (Å²) in [7, 11) is 0. The predicted molar refractivity (Wildman–Crippen MR) is 99.5 cm³/mol. The van der Waals surface area contributed by atoms with Crippen molar-refractivity contribution >= 4 is 33.1 Å². The first kappa shape index (κ1) is 20.4. The minimum Gasteiger partial charge on any atom is -0.503 e. The molecule has 1 aliphatic heterocycles. The normalized spacial score (nSPS) is 18.7. The van der Waals surface area contributed by atoms with E-state index in [9.17, 15) is 33.3 Å². The quantitative estimate of drug-likeness (QED) is 0.656. The smallest absolute Gasteiger partial charge is 0.416 e. The van der Waals surface area contributed by atoms with Gasteiger partial charge in [-0.15, -0.1) is 0 Å². The lowest BCUT2D eigenvalue weighted by atomic mass is 9.94.